The molecule has 1 aliphatic heterocycles. The normalized spacial score (nSPS) is 20.3. The maximum absolute atomic E-state index is 13.2. The summed E-state index contributed by atoms with van der Waals surface area (Å²) in [6.45, 7) is -0.475. The number of hydrogen-bond donors (Lipinski definition) is 2. The van der Waals surface area contributed by atoms with Crippen molar-refractivity contribution in [1.29, 1.82) is 0 Å². The number of urea groups is 1. The van der Waals surface area contributed by atoms with Crippen molar-refractivity contribution in [2.45, 2.75) is 24.8 Å². The fraction of sp³-hybridized carbons (Fsp3) is 0.250. The molecule has 1 saturated heterocycles. The topological polar surface area (TPSA) is 122 Å². The zero-order chi connectivity index (χ0) is 20.6. The molecule has 29 heavy (non-hydrogen) atoms. The summed E-state index contributed by atoms with van der Waals surface area (Å²) in [5, 5.41) is 16.1. The molecule has 4 amide bonds. The molecule has 2 aromatic carbocycles. The third-order valence-electron chi connectivity index (χ3n) is 5.29. The number of amides is 4. The number of rotatable bonds is 4. The van der Waals surface area contributed by atoms with Gasteiger partial charge in [-0.3, -0.25) is 24.6 Å². The number of nitrogens with zero attached hydrogens (tertiary/aromatic N) is 2. The van der Waals surface area contributed by atoms with Crippen LogP contribution < -0.4 is 10.6 Å². The smallest absolute Gasteiger partial charge is 0.324 e. The number of non-ortho nitro benzene ring substituents is 1. The zero-order valence-electron chi connectivity index (χ0n) is 15.4. The average Bonchev–Trinajstić information content (AvgIpc) is 2.93. The third-order valence-corrected chi connectivity index (χ3v) is 5.29. The van der Waals surface area contributed by atoms with Crippen LogP contribution in [0, 0.1) is 10.1 Å². The largest absolute Gasteiger partial charge is 0.325 e. The summed E-state index contributed by atoms with van der Waals surface area (Å²) in [5.74, 6) is -1.07. The van der Waals surface area contributed by atoms with E-state index in [1.54, 1.807) is 0 Å². The van der Waals surface area contributed by atoms with Crippen molar-refractivity contribution >= 4 is 29.2 Å². The monoisotopic (exact) mass is 394 g/mol. The van der Waals surface area contributed by atoms with Crippen LogP contribution in [0.15, 0.2) is 48.5 Å². The minimum absolute atomic E-state index is 0.171. The Morgan fingerprint density at radius 1 is 1.21 bits per heavy atom. The molecule has 0 bridgehead atoms. The number of aryl methyl sites for hydroxylation is 1. The molecule has 1 atom stereocenters. The molecule has 2 aliphatic rings. The van der Waals surface area contributed by atoms with Crippen LogP contribution in [-0.4, -0.2) is 34.2 Å². The van der Waals surface area contributed by atoms with Gasteiger partial charge in [0.05, 0.1) is 4.92 Å². The summed E-state index contributed by atoms with van der Waals surface area (Å²) in [6, 6.07) is 12.3. The molecule has 1 heterocycles. The molecular formula is C20H18N4O5. The summed E-state index contributed by atoms with van der Waals surface area (Å²) in [7, 11) is 0. The molecule has 148 valence electrons. The summed E-state index contributed by atoms with van der Waals surface area (Å²) in [6.07, 6.45) is 2.04. The van der Waals surface area contributed by atoms with Crippen LogP contribution in [0.5, 0.6) is 0 Å². The summed E-state index contributed by atoms with van der Waals surface area (Å²) < 4.78 is 0. The molecule has 1 fully saturated rings. The highest BCUT2D eigenvalue weighted by Crippen LogP contribution is 2.39. The summed E-state index contributed by atoms with van der Waals surface area (Å²) in [5.41, 5.74) is 0.684. The lowest BCUT2D eigenvalue weighted by atomic mass is 9.76. The van der Waals surface area contributed by atoms with E-state index < -0.39 is 34.9 Å². The SMILES string of the molecule is O=C(CN1C(=O)N[C@@]2(CCCc3ccccc32)C1=O)Nc1cccc([N+](=O)[O-])c1. The number of anilines is 1. The van der Waals surface area contributed by atoms with E-state index in [9.17, 15) is 24.5 Å². The predicted molar refractivity (Wildman–Crippen MR) is 103 cm³/mol. The first-order chi connectivity index (χ1) is 13.9. The molecule has 9 heteroatoms. The minimum Gasteiger partial charge on any atom is -0.324 e. The molecule has 2 N–H and O–H groups in total. The number of nitro benzene ring substituents is 1. The molecule has 0 unspecified atom stereocenters. The van der Waals surface area contributed by atoms with Crippen LogP contribution in [0.3, 0.4) is 0 Å². The van der Waals surface area contributed by atoms with Gasteiger partial charge in [-0.2, -0.15) is 0 Å². The molecule has 0 radical (unpaired) electrons. The van der Waals surface area contributed by atoms with Gasteiger partial charge < -0.3 is 10.6 Å². The molecule has 4 rings (SSSR count). The van der Waals surface area contributed by atoms with Gasteiger partial charge in [-0.15, -0.1) is 0 Å². The van der Waals surface area contributed by atoms with Crippen LogP contribution in [0.25, 0.3) is 0 Å². The highest BCUT2D eigenvalue weighted by atomic mass is 16.6. The second-order valence-corrected chi connectivity index (χ2v) is 7.09. The first-order valence-electron chi connectivity index (χ1n) is 9.17. The molecule has 1 spiro atoms. The van der Waals surface area contributed by atoms with E-state index in [0.29, 0.717) is 6.42 Å². The Labute approximate surface area is 165 Å². The Hall–Kier alpha value is -3.75. The van der Waals surface area contributed by atoms with Crippen molar-refractivity contribution in [3.8, 4) is 0 Å². The standard InChI is InChI=1S/C20H18N4O5/c25-17(21-14-7-3-8-15(11-14)24(28)29)12-23-18(26)20(22-19(23)27)10-4-6-13-5-1-2-9-16(13)20/h1-3,5,7-9,11H,4,6,10,12H2,(H,21,25)(H,22,27)/t20-/m1/s1. The Balaban J connectivity index is 1.53. The lowest BCUT2D eigenvalue weighted by Gasteiger charge is -2.33. The zero-order valence-corrected chi connectivity index (χ0v) is 15.4. The molecule has 9 nitrogen and oxygen atoms in total. The molecule has 0 saturated carbocycles. The molecule has 0 aromatic heterocycles. The van der Waals surface area contributed by atoms with Gasteiger partial charge in [0.1, 0.15) is 12.1 Å². The maximum Gasteiger partial charge on any atom is 0.325 e. The first-order valence-corrected chi connectivity index (χ1v) is 9.17. The Bertz CT molecular complexity index is 1040. The molecule has 1 aliphatic carbocycles. The van der Waals surface area contributed by atoms with Gasteiger partial charge in [-0.25, -0.2) is 4.79 Å². The van der Waals surface area contributed by atoms with Crippen LogP contribution in [0.4, 0.5) is 16.2 Å². The Morgan fingerprint density at radius 2 is 2.00 bits per heavy atom. The van der Waals surface area contributed by atoms with Crippen molar-refractivity contribution in [1.82, 2.24) is 10.2 Å². The van der Waals surface area contributed by atoms with Gasteiger partial charge in [0, 0.05) is 17.8 Å². The fourth-order valence-electron chi connectivity index (χ4n) is 4.00. The quantitative estimate of drug-likeness (QED) is 0.468. The predicted octanol–water partition coefficient (Wildman–Crippen LogP) is 2.32. The van der Waals surface area contributed by atoms with Gasteiger partial charge in [0.25, 0.3) is 11.6 Å². The van der Waals surface area contributed by atoms with Gasteiger partial charge in [-0.05, 0) is 36.5 Å². The van der Waals surface area contributed by atoms with E-state index in [-0.39, 0.29) is 11.4 Å². The van der Waals surface area contributed by atoms with Gasteiger partial charge in [-0.1, -0.05) is 30.3 Å². The highest BCUT2D eigenvalue weighted by molar-refractivity contribution is 6.10. The van der Waals surface area contributed by atoms with E-state index in [1.807, 2.05) is 24.3 Å². The lowest BCUT2D eigenvalue weighted by molar-refractivity contribution is -0.384. The van der Waals surface area contributed by atoms with Crippen molar-refractivity contribution in [3.63, 3.8) is 0 Å². The van der Waals surface area contributed by atoms with Crippen molar-refractivity contribution in [2.75, 3.05) is 11.9 Å². The number of carbonyl (C=O) groups excluding carboxylic acids is 3. The Morgan fingerprint density at radius 3 is 2.79 bits per heavy atom. The number of nitrogens with one attached hydrogen (secondary N) is 2. The number of carbonyl (C=O) groups is 3. The second kappa shape index (κ2) is 7.01. The summed E-state index contributed by atoms with van der Waals surface area (Å²) >= 11 is 0. The van der Waals surface area contributed by atoms with E-state index >= 15 is 0 Å². The van der Waals surface area contributed by atoms with Crippen LogP contribution in [-0.2, 0) is 21.5 Å². The van der Waals surface area contributed by atoms with Crippen LogP contribution in [0.2, 0.25) is 0 Å². The number of fused-ring (bicyclic) bond motifs is 2. The van der Waals surface area contributed by atoms with E-state index in [0.717, 1.165) is 28.9 Å². The average molecular weight is 394 g/mol. The van der Waals surface area contributed by atoms with Gasteiger partial charge in [0.2, 0.25) is 5.91 Å². The number of nitro groups is 1. The van der Waals surface area contributed by atoms with Crippen LogP contribution in [0.1, 0.15) is 24.0 Å². The molecular weight excluding hydrogens is 376 g/mol. The van der Waals surface area contributed by atoms with Crippen molar-refractivity contribution in [3.05, 3.63) is 69.8 Å². The van der Waals surface area contributed by atoms with E-state index in [4.69, 9.17) is 0 Å². The van der Waals surface area contributed by atoms with E-state index in [1.165, 1.54) is 24.3 Å². The van der Waals surface area contributed by atoms with Crippen molar-refractivity contribution in [2.24, 2.45) is 0 Å². The molecule has 2 aromatic rings. The second-order valence-electron chi connectivity index (χ2n) is 7.09. The van der Waals surface area contributed by atoms with Gasteiger partial charge in [0.15, 0.2) is 0 Å². The van der Waals surface area contributed by atoms with Gasteiger partial charge >= 0.3 is 6.03 Å². The number of hydrogen-bond acceptors (Lipinski definition) is 5. The lowest BCUT2D eigenvalue weighted by Crippen LogP contribution is -2.47. The minimum atomic E-state index is -1.14. The maximum atomic E-state index is 13.2. The summed E-state index contributed by atoms with van der Waals surface area (Å²) in [4.78, 5) is 49.3. The van der Waals surface area contributed by atoms with Crippen molar-refractivity contribution < 1.29 is 19.3 Å². The first kappa shape index (κ1) is 18.6. The third kappa shape index (κ3) is 3.20. The Kier molecular flexibility index (Phi) is 4.50. The fourth-order valence-corrected chi connectivity index (χ4v) is 4.00. The highest BCUT2D eigenvalue weighted by Gasteiger charge is 2.54. The van der Waals surface area contributed by atoms with E-state index in [2.05, 4.69) is 10.6 Å². The van der Waals surface area contributed by atoms with Crippen LogP contribution >= 0.6 is 0 Å². The number of benzene rings is 2. The number of imide groups is 1.